The average Bonchev–Trinajstić information content (AvgIpc) is 2.52. The predicted molar refractivity (Wildman–Crippen MR) is 92.8 cm³/mol. The summed E-state index contributed by atoms with van der Waals surface area (Å²) in [6, 6.07) is 6.51. The molecule has 0 aromatic heterocycles. The molecule has 9 heteroatoms. The highest BCUT2D eigenvalue weighted by molar-refractivity contribution is 7.86. The summed E-state index contributed by atoms with van der Waals surface area (Å²) in [5, 5.41) is 8.44. The monoisotopic (exact) mass is 389 g/mol. The number of nitrogens with two attached hydrogens (primary N) is 1. The number of halogens is 2. The number of amides is 1. The fraction of sp³-hybridized carbons (Fsp3) is 0.562. The largest absolute Gasteiger partial charge is 0.353 e. The third-order valence-corrected chi connectivity index (χ3v) is 6.33. The second-order valence-electron chi connectivity index (χ2n) is 6.81. The summed E-state index contributed by atoms with van der Waals surface area (Å²) in [6.45, 7) is 0.467. The van der Waals surface area contributed by atoms with Crippen molar-refractivity contribution in [1.29, 1.82) is 0 Å². The number of piperidine rings is 1. The highest BCUT2D eigenvalue weighted by Crippen LogP contribution is 2.45. The van der Waals surface area contributed by atoms with E-state index in [0.717, 1.165) is 0 Å². The van der Waals surface area contributed by atoms with Gasteiger partial charge in [0, 0.05) is 42.9 Å². The summed E-state index contributed by atoms with van der Waals surface area (Å²) >= 11 is 5.91. The maximum Gasteiger partial charge on any atom is 0.276 e. The van der Waals surface area contributed by atoms with Crippen molar-refractivity contribution in [2.75, 3.05) is 13.1 Å². The molecule has 25 heavy (non-hydrogen) atoms. The van der Waals surface area contributed by atoms with Gasteiger partial charge >= 0.3 is 0 Å². The van der Waals surface area contributed by atoms with E-state index >= 15 is 0 Å². The molecule has 1 aliphatic heterocycles. The van der Waals surface area contributed by atoms with E-state index in [1.807, 2.05) is 0 Å². The molecule has 0 radical (unpaired) electrons. The van der Waals surface area contributed by atoms with Crippen LogP contribution in [0.1, 0.15) is 31.2 Å². The van der Waals surface area contributed by atoms with Crippen LogP contribution in [-0.4, -0.2) is 37.8 Å². The number of carbonyl (C=O) groups is 1. The van der Waals surface area contributed by atoms with Crippen LogP contribution in [0.4, 0.5) is 4.39 Å². The van der Waals surface area contributed by atoms with Crippen molar-refractivity contribution in [3.63, 3.8) is 0 Å². The standard InChI is InChI=1S/C16H21ClFN3O3S/c17-13-3-1-2-12(8-13)16(18)9-14(10-16)20-15(22)11-4-6-21(7-5-11)25(19,23)24/h1-3,8,11,14H,4-7,9-10H2,(H,20,22)(H2,19,23,24). The molecule has 1 saturated heterocycles. The van der Waals surface area contributed by atoms with Gasteiger partial charge < -0.3 is 5.32 Å². The van der Waals surface area contributed by atoms with Crippen molar-refractivity contribution in [1.82, 2.24) is 9.62 Å². The third kappa shape index (κ3) is 4.13. The molecule has 3 N–H and O–H groups in total. The zero-order valence-electron chi connectivity index (χ0n) is 13.6. The number of hydrogen-bond acceptors (Lipinski definition) is 3. The zero-order valence-corrected chi connectivity index (χ0v) is 15.2. The first kappa shape index (κ1) is 18.6. The van der Waals surface area contributed by atoms with E-state index in [-0.39, 0.29) is 43.8 Å². The van der Waals surface area contributed by atoms with E-state index in [9.17, 15) is 17.6 Å². The normalized spacial score (nSPS) is 28.4. The fourth-order valence-electron chi connectivity index (χ4n) is 3.52. The van der Waals surface area contributed by atoms with Gasteiger partial charge in [0.1, 0.15) is 5.67 Å². The highest BCUT2D eigenvalue weighted by Gasteiger charge is 2.47. The van der Waals surface area contributed by atoms with E-state index < -0.39 is 15.9 Å². The Hall–Kier alpha value is -1.22. The Morgan fingerprint density at radius 1 is 1.32 bits per heavy atom. The lowest BCUT2D eigenvalue weighted by Gasteiger charge is -2.42. The minimum atomic E-state index is -3.70. The molecule has 6 nitrogen and oxygen atoms in total. The molecule has 1 aliphatic carbocycles. The number of rotatable bonds is 4. The summed E-state index contributed by atoms with van der Waals surface area (Å²) < 4.78 is 38.6. The lowest BCUT2D eigenvalue weighted by Crippen LogP contribution is -2.53. The topological polar surface area (TPSA) is 92.5 Å². The predicted octanol–water partition coefficient (Wildman–Crippen LogP) is 1.70. The minimum absolute atomic E-state index is 0.146. The van der Waals surface area contributed by atoms with Gasteiger partial charge in [-0.25, -0.2) is 9.53 Å². The summed E-state index contributed by atoms with van der Waals surface area (Å²) in [7, 11) is -3.70. The fourth-order valence-corrected chi connectivity index (χ4v) is 4.43. The first-order chi connectivity index (χ1) is 11.7. The minimum Gasteiger partial charge on any atom is -0.353 e. The molecule has 2 fully saturated rings. The van der Waals surface area contributed by atoms with Gasteiger partial charge in [-0.05, 0) is 30.5 Å². The van der Waals surface area contributed by atoms with Crippen LogP contribution in [0.2, 0.25) is 5.02 Å². The second kappa shape index (κ2) is 6.83. The Kier molecular flexibility index (Phi) is 5.07. The van der Waals surface area contributed by atoms with Crippen LogP contribution in [0.15, 0.2) is 24.3 Å². The van der Waals surface area contributed by atoms with E-state index in [4.69, 9.17) is 16.7 Å². The summed E-state index contributed by atoms with van der Waals surface area (Å²) in [5.74, 6) is -0.411. The lowest BCUT2D eigenvalue weighted by molar-refractivity contribution is -0.128. The first-order valence-corrected chi connectivity index (χ1v) is 10.1. The lowest BCUT2D eigenvalue weighted by atomic mass is 9.72. The van der Waals surface area contributed by atoms with Crippen molar-refractivity contribution < 1.29 is 17.6 Å². The second-order valence-corrected chi connectivity index (χ2v) is 8.79. The van der Waals surface area contributed by atoms with Crippen molar-refractivity contribution >= 4 is 27.7 Å². The van der Waals surface area contributed by atoms with Gasteiger partial charge in [-0.3, -0.25) is 4.79 Å². The Balaban J connectivity index is 1.50. The summed E-state index contributed by atoms with van der Waals surface area (Å²) in [4.78, 5) is 12.3. The molecule has 138 valence electrons. The average molecular weight is 390 g/mol. The molecule has 0 atom stereocenters. The zero-order chi connectivity index (χ0) is 18.2. The Bertz CT molecular complexity index is 760. The molecular formula is C16H21ClFN3O3S. The first-order valence-electron chi connectivity index (χ1n) is 8.20. The number of nitrogens with zero attached hydrogens (tertiary/aromatic N) is 1. The number of nitrogens with one attached hydrogen (secondary N) is 1. The summed E-state index contributed by atoms with van der Waals surface area (Å²) in [6.07, 6.45) is 1.28. The maximum absolute atomic E-state index is 14.8. The van der Waals surface area contributed by atoms with Gasteiger partial charge in [0.15, 0.2) is 0 Å². The van der Waals surface area contributed by atoms with E-state index in [2.05, 4.69) is 5.32 Å². The molecule has 1 aromatic carbocycles. The Labute approximate surface area is 151 Å². The number of hydrogen-bond donors (Lipinski definition) is 2. The van der Waals surface area contributed by atoms with Crippen molar-refractivity contribution in [3.05, 3.63) is 34.9 Å². The van der Waals surface area contributed by atoms with Gasteiger partial charge in [-0.2, -0.15) is 12.7 Å². The number of benzene rings is 1. The van der Waals surface area contributed by atoms with Gasteiger partial charge in [-0.15, -0.1) is 0 Å². The van der Waals surface area contributed by atoms with Gasteiger partial charge in [0.05, 0.1) is 0 Å². The quantitative estimate of drug-likeness (QED) is 0.820. The molecular weight excluding hydrogens is 369 g/mol. The van der Waals surface area contributed by atoms with Crippen LogP contribution < -0.4 is 10.5 Å². The highest BCUT2D eigenvalue weighted by atomic mass is 35.5. The smallest absolute Gasteiger partial charge is 0.276 e. The van der Waals surface area contributed by atoms with Gasteiger partial charge in [-0.1, -0.05) is 23.7 Å². The Morgan fingerprint density at radius 3 is 2.52 bits per heavy atom. The van der Waals surface area contributed by atoms with Crippen LogP contribution in [0.25, 0.3) is 0 Å². The summed E-state index contributed by atoms with van der Waals surface area (Å²) in [5.41, 5.74) is -0.924. The van der Waals surface area contributed by atoms with Crippen LogP contribution in [-0.2, 0) is 20.7 Å². The molecule has 0 unspecified atom stereocenters. The van der Waals surface area contributed by atoms with Crippen LogP contribution >= 0.6 is 11.6 Å². The van der Waals surface area contributed by atoms with Crippen molar-refractivity contribution in [3.8, 4) is 0 Å². The van der Waals surface area contributed by atoms with Crippen molar-refractivity contribution in [2.24, 2.45) is 11.1 Å². The molecule has 1 aromatic rings. The van der Waals surface area contributed by atoms with Crippen molar-refractivity contribution in [2.45, 2.75) is 37.4 Å². The number of alkyl halides is 1. The number of carbonyl (C=O) groups excluding carboxylic acids is 1. The maximum atomic E-state index is 14.8. The molecule has 0 spiro atoms. The Morgan fingerprint density at radius 2 is 1.96 bits per heavy atom. The van der Waals surface area contributed by atoms with E-state index in [1.165, 1.54) is 4.31 Å². The van der Waals surface area contributed by atoms with E-state index in [0.29, 0.717) is 23.4 Å². The molecule has 2 aliphatic rings. The molecule has 0 bridgehead atoms. The molecule has 1 saturated carbocycles. The van der Waals surface area contributed by atoms with Gasteiger partial charge in [0.2, 0.25) is 5.91 Å². The van der Waals surface area contributed by atoms with Crippen LogP contribution in [0.3, 0.4) is 0 Å². The van der Waals surface area contributed by atoms with Crippen LogP contribution in [0, 0.1) is 5.92 Å². The molecule has 1 heterocycles. The van der Waals surface area contributed by atoms with Gasteiger partial charge in [0.25, 0.3) is 10.2 Å². The SMILES string of the molecule is NS(=O)(=O)N1CCC(C(=O)NC2CC(F)(c3cccc(Cl)c3)C2)CC1. The molecule has 1 amide bonds. The van der Waals surface area contributed by atoms with Crippen LogP contribution in [0.5, 0.6) is 0 Å². The molecule has 3 rings (SSSR count). The van der Waals surface area contributed by atoms with E-state index in [1.54, 1.807) is 24.3 Å². The third-order valence-electron chi connectivity index (χ3n) is 5.01.